The van der Waals surface area contributed by atoms with Crippen molar-refractivity contribution in [2.45, 2.75) is 10.9 Å². The van der Waals surface area contributed by atoms with Gasteiger partial charge in [0.15, 0.2) is 11.0 Å². The first kappa shape index (κ1) is 16.8. The Morgan fingerprint density at radius 3 is 2.65 bits per heavy atom. The van der Waals surface area contributed by atoms with Crippen LogP contribution >= 0.6 is 23.4 Å². The molecule has 0 unspecified atom stereocenters. The van der Waals surface area contributed by atoms with Crippen molar-refractivity contribution in [2.75, 3.05) is 0 Å². The van der Waals surface area contributed by atoms with Gasteiger partial charge in [-0.05, 0) is 12.1 Å². The van der Waals surface area contributed by atoms with Gasteiger partial charge in [-0.1, -0.05) is 71.0 Å². The van der Waals surface area contributed by atoms with E-state index in [2.05, 4.69) is 20.3 Å². The molecule has 26 heavy (non-hydrogen) atoms. The van der Waals surface area contributed by atoms with E-state index in [-0.39, 0.29) is 0 Å². The lowest BCUT2D eigenvalue weighted by atomic mass is 10.2. The van der Waals surface area contributed by atoms with Gasteiger partial charge in [0.1, 0.15) is 0 Å². The van der Waals surface area contributed by atoms with Crippen LogP contribution in [0.25, 0.3) is 22.8 Å². The van der Waals surface area contributed by atoms with Gasteiger partial charge in [0, 0.05) is 23.2 Å². The Morgan fingerprint density at radius 1 is 1.04 bits per heavy atom. The number of rotatable bonds is 5. The number of aromatic nitrogens is 5. The number of hydrogen-bond donors (Lipinski definition) is 0. The van der Waals surface area contributed by atoms with Gasteiger partial charge in [-0.25, -0.2) is 0 Å². The van der Waals surface area contributed by atoms with Crippen molar-refractivity contribution in [3.05, 3.63) is 65.5 Å². The zero-order chi connectivity index (χ0) is 17.9. The van der Waals surface area contributed by atoms with Crippen LogP contribution in [0.1, 0.15) is 5.89 Å². The molecule has 2 heterocycles. The highest BCUT2D eigenvalue weighted by Crippen LogP contribution is 2.26. The fraction of sp³-hybridized carbons (Fsp3) is 0.111. The Bertz CT molecular complexity index is 1030. The highest BCUT2D eigenvalue weighted by molar-refractivity contribution is 7.98. The lowest BCUT2D eigenvalue weighted by Crippen LogP contribution is -1.95. The molecule has 0 amide bonds. The molecule has 0 aliphatic carbocycles. The van der Waals surface area contributed by atoms with Crippen molar-refractivity contribution in [3.63, 3.8) is 0 Å². The van der Waals surface area contributed by atoms with Gasteiger partial charge in [-0.3, -0.25) is 0 Å². The highest BCUT2D eigenvalue weighted by Gasteiger charge is 2.14. The molecule has 2 aromatic heterocycles. The molecule has 2 aromatic carbocycles. The molecule has 0 radical (unpaired) electrons. The minimum Gasteiger partial charge on any atom is -0.338 e. The molecule has 0 aliphatic heterocycles. The van der Waals surface area contributed by atoms with E-state index in [4.69, 9.17) is 16.1 Å². The Hall–Kier alpha value is -2.64. The Kier molecular flexibility index (Phi) is 4.73. The molecule has 0 bridgehead atoms. The summed E-state index contributed by atoms with van der Waals surface area (Å²) in [6, 6.07) is 17.3. The molecular weight excluding hydrogens is 370 g/mol. The molecule has 4 rings (SSSR count). The van der Waals surface area contributed by atoms with Crippen LogP contribution in [0.2, 0.25) is 5.02 Å². The monoisotopic (exact) mass is 383 g/mol. The molecular formula is C18H14ClN5OS. The van der Waals surface area contributed by atoms with Crippen molar-refractivity contribution < 1.29 is 4.52 Å². The van der Waals surface area contributed by atoms with Gasteiger partial charge in [0.25, 0.3) is 0 Å². The van der Waals surface area contributed by atoms with Gasteiger partial charge in [-0.2, -0.15) is 4.98 Å². The maximum atomic E-state index is 6.00. The largest absolute Gasteiger partial charge is 0.338 e. The minimum atomic E-state index is 0.508. The minimum absolute atomic E-state index is 0.508. The second-order valence-electron chi connectivity index (χ2n) is 5.54. The van der Waals surface area contributed by atoms with E-state index in [1.165, 1.54) is 11.8 Å². The van der Waals surface area contributed by atoms with E-state index in [1.807, 2.05) is 54.1 Å². The summed E-state index contributed by atoms with van der Waals surface area (Å²) in [4.78, 5) is 4.42. The molecule has 8 heteroatoms. The number of benzene rings is 2. The van der Waals surface area contributed by atoms with Crippen LogP contribution in [0.15, 0.2) is 64.3 Å². The lowest BCUT2D eigenvalue weighted by Gasteiger charge is -2.02. The van der Waals surface area contributed by atoms with Crippen LogP contribution in [0.3, 0.4) is 0 Å². The quantitative estimate of drug-likeness (QED) is 0.473. The smallest absolute Gasteiger partial charge is 0.237 e. The van der Waals surface area contributed by atoms with Crippen molar-refractivity contribution >= 4 is 23.4 Å². The summed E-state index contributed by atoms with van der Waals surface area (Å²) in [7, 11) is 1.94. The molecule has 4 aromatic rings. The number of nitrogens with zero attached hydrogens (tertiary/aromatic N) is 5. The maximum Gasteiger partial charge on any atom is 0.237 e. The molecule has 6 nitrogen and oxygen atoms in total. The SMILES string of the molecule is Cn1c(SCc2nc(-c3cccc(Cl)c3)no2)nnc1-c1ccccc1. The van der Waals surface area contributed by atoms with E-state index in [9.17, 15) is 0 Å². The third-order valence-corrected chi connectivity index (χ3v) is 4.98. The normalized spacial score (nSPS) is 11.0. The summed E-state index contributed by atoms with van der Waals surface area (Å²) in [5.41, 5.74) is 1.85. The van der Waals surface area contributed by atoms with Gasteiger partial charge < -0.3 is 9.09 Å². The van der Waals surface area contributed by atoms with Gasteiger partial charge in [0.2, 0.25) is 11.7 Å². The molecule has 0 N–H and O–H groups in total. The van der Waals surface area contributed by atoms with E-state index in [1.54, 1.807) is 12.1 Å². The Morgan fingerprint density at radius 2 is 1.85 bits per heavy atom. The summed E-state index contributed by atoms with van der Waals surface area (Å²) >= 11 is 7.50. The molecule has 0 spiro atoms. The average molecular weight is 384 g/mol. The molecule has 0 saturated heterocycles. The first-order valence-electron chi connectivity index (χ1n) is 7.87. The highest BCUT2D eigenvalue weighted by atomic mass is 35.5. The van der Waals surface area contributed by atoms with Crippen LogP contribution < -0.4 is 0 Å². The number of thioether (sulfide) groups is 1. The molecule has 130 valence electrons. The van der Waals surface area contributed by atoms with Gasteiger partial charge >= 0.3 is 0 Å². The molecule has 0 atom stereocenters. The zero-order valence-corrected chi connectivity index (χ0v) is 15.4. The Labute approximate surface area is 159 Å². The van der Waals surface area contributed by atoms with Gasteiger partial charge in [-0.15, -0.1) is 10.2 Å². The summed E-state index contributed by atoms with van der Waals surface area (Å²) in [5, 5.41) is 14.0. The van der Waals surface area contributed by atoms with Crippen LogP contribution in [0.4, 0.5) is 0 Å². The van der Waals surface area contributed by atoms with Crippen molar-refractivity contribution in [1.82, 2.24) is 24.9 Å². The van der Waals surface area contributed by atoms with E-state index in [0.717, 1.165) is 22.1 Å². The predicted octanol–water partition coefficient (Wildman–Crippen LogP) is 4.48. The maximum absolute atomic E-state index is 6.00. The summed E-state index contributed by atoms with van der Waals surface area (Å²) in [5.74, 6) is 2.37. The van der Waals surface area contributed by atoms with Gasteiger partial charge in [0.05, 0.1) is 5.75 Å². The second-order valence-corrected chi connectivity index (χ2v) is 6.92. The summed E-state index contributed by atoms with van der Waals surface area (Å²) in [6.45, 7) is 0. The summed E-state index contributed by atoms with van der Waals surface area (Å²) in [6.07, 6.45) is 0. The fourth-order valence-corrected chi connectivity index (χ4v) is 3.40. The zero-order valence-electron chi connectivity index (χ0n) is 13.8. The van der Waals surface area contributed by atoms with Crippen molar-refractivity contribution in [2.24, 2.45) is 7.05 Å². The Balaban J connectivity index is 1.48. The van der Waals surface area contributed by atoms with Crippen LogP contribution in [-0.2, 0) is 12.8 Å². The fourth-order valence-electron chi connectivity index (χ4n) is 2.46. The topological polar surface area (TPSA) is 69.6 Å². The number of halogens is 1. The van der Waals surface area contributed by atoms with E-state index >= 15 is 0 Å². The molecule has 0 fully saturated rings. The van der Waals surface area contributed by atoms with Crippen LogP contribution in [0.5, 0.6) is 0 Å². The molecule has 0 saturated carbocycles. The third kappa shape index (κ3) is 3.49. The summed E-state index contributed by atoms with van der Waals surface area (Å²) < 4.78 is 7.28. The van der Waals surface area contributed by atoms with Crippen molar-refractivity contribution in [3.8, 4) is 22.8 Å². The first-order valence-corrected chi connectivity index (χ1v) is 9.23. The number of hydrogen-bond acceptors (Lipinski definition) is 6. The van der Waals surface area contributed by atoms with Crippen LogP contribution in [0, 0.1) is 0 Å². The lowest BCUT2D eigenvalue weighted by molar-refractivity contribution is 0.391. The molecule has 0 aliphatic rings. The van der Waals surface area contributed by atoms with E-state index < -0.39 is 0 Å². The van der Waals surface area contributed by atoms with Crippen LogP contribution in [-0.4, -0.2) is 24.9 Å². The van der Waals surface area contributed by atoms with E-state index in [0.29, 0.717) is 22.5 Å². The second kappa shape index (κ2) is 7.31. The standard InChI is InChI=1S/C18H14ClN5OS/c1-24-17(12-6-3-2-4-7-12)21-22-18(24)26-11-15-20-16(23-25-15)13-8-5-9-14(19)10-13/h2-10H,11H2,1H3. The first-order chi connectivity index (χ1) is 12.7. The van der Waals surface area contributed by atoms with Crippen molar-refractivity contribution in [1.29, 1.82) is 0 Å². The average Bonchev–Trinajstić information content (AvgIpc) is 3.28. The predicted molar refractivity (Wildman–Crippen MR) is 101 cm³/mol. The third-order valence-electron chi connectivity index (χ3n) is 3.74.